The Morgan fingerprint density at radius 2 is 1.86 bits per heavy atom. The standard InChI is InChI=1S/C15H22N2O3S/c1-4-17(11(2)3)13-7-5-12(6-8-13)16-14(18)9-21-10-15(19)20/h5-8,11H,4,9-10H2,1-3H3,(H,16,18)(H,19,20). The third-order valence-electron chi connectivity index (χ3n) is 2.91. The summed E-state index contributed by atoms with van der Waals surface area (Å²) >= 11 is 1.08. The molecule has 1 amide bonds. The summed E-state index contributed by atoms with van der Waals surface area (Å²) in [5.41, 5.74) is 1.84. The van der Waals surface area contributed by atoms with Crippen LogP contribution >= 0.6 is 11.8 Å². The second kappa shape index (κ2) is 8.56. The van der Waals surface area contributed by atoms with Gasteiger partial charge >= 0.3 is 5.97 Å². The highest BCUT2D eigenvalue weighted by Gasteiger charge is 2.09. The first-order chi connectivity index (χ1) is 9.93. The van der Waals surface area contributed by atoms with Crippen molar-refractivity contribution in [1.82, 2.24) is 0 Å². The molecule has 0 saturated heterocycles. The molecule has 0 aromatic heterocycles. The molecule has 5 nitrogen and oxygen atoms in total. The summed E-state index contributed by atoms with van der Waals surface area (Å²) in [5.74, 6) is -1.02. The van der Waals surface area contributed by atoms with Gasteiger partial charge in [-0.25, -0.2) is 0 Å². The van der Waals surface area contributed by atoms with Crippen LogP contribution in [0.4, 0.5) is 11.4 Å². The zero-order chi connectivity index (χ0) is 15.8. The van der Waals surface area contributed by atoms with Crippen LogP contribution in [-0.4, -0.2) is 41.1 Å². The maximum absolute atomic E-state index is 11.6. The van der Waals surface area contributed by atoms with E-state index in [1.165, 1.54) is 0 Å². The Hall–Kier alpha value is -1.69. The largest absolute Gasteiger partial charge is 0.481 e. The summed E-state index contributed by atoms with van der Waals surface area (Å²) in [6, 6.07) is 8.09. The maximum atomic E-state index is 11.6. The van der Waals surface area contributed by atoms with Crippen molar-refractivity contribution < 1.29 is 14.7 Å². The number of carboxylic acids is 1. The average molecular weight is 310 g/mol. The first kappa shape index (κ1) is 17.4. The molecule has 116 valence electrons. The predicted octanol–water partition coefficient (Wildman–Crippen LogP) is 2.68. The van der Waals surface area contributed by atoms with Crippen LogP contribution < -0.4 is 10.2 Å². The lowest BCUT2D eigenvalue weighted by atomic mass is 10.2. The zero-order valence-electron chi connectivity index (χ0n) is 12.6. The van der Waals surface area contributed by atoms with E-state index in [1.54, 1.807) is 0 Å². The van der Waals surface area contributed by atoms with Crippen molar-refractivity contribution in [3.05, 3.63) is 24.3 Å². The fourth-order valence-electron chi connectivity index (χ4n) is 2.01. The second-order valence-electron chi connectivity index (χ2n) is 4.86. The van der Waals surface area contributed by atoms with E-state index in [0.717, 1.165) is 29.7 Å². The Morgan fingerprint density at radius 3 is 2.33 bits per heavy atom. The molecule has 21 heavy (non-hydrogen) atoms. The van der Waals surface area contributed by atoms with Crippen molar-refractivity contribution in [1.29, 1.82) is 0 Å². The van der Waals surface area contributed by atoms with Crippen LogP contribution in [0.15, 0.2) is 24.3 Å². The molecule has 0 spiro atoms. The molecule has 1 rings (SSSR count). The highest BCUT2D eigenvalue weighted by molar-refractivity contribution is 8.00. The van der Waals surface area contributed by atoms with Gasteiger partial charge in [0.25, 0.3) is 0 Å². The van der Waals surface area contributed by atoms with E-state index in [0.29, 0.717) is 6.04 Å². The van der Waals surface area contributed by atoms with Crippen LogP contribution in [-0.2, 0) is 9.59 Å². The van der Waals surface area contributed by atoms with Gasteiger partial charge in [-0.1, -0.05) is 0 Å². The average Bonchev–Trinajstić information content (AvgIpc) is 2.40. The SMILES string of the molecule is CCN(c1ccc(NC(=O)CSCC(=O)O)cc1)C(C)C. The number of amides is 1. The van der Waals surface area contributed by atoms with Gasteiger partial charge in [-0.05, 0) is 45.0 Å². The molecule has 0 fully saturated rings. The van der Waals surface area contributed by atoms with Crippen LogP contribution in [0.25, 0.3) is 0 Å². The molecule has 0 aliphatic rings. The first-order valence-electron chi connectivity index (χ1n) is 6.90. The van der Waals surface area contributed by atoms with Crippen molar-refractivity contribution in [2.24, 2.45) is 0 Å². The Bertz CT molecular complexity index is 474. The van der Waals surface area contributed by atoms with Crippen LogP contribution in [0.3, 0.4) is 0 Å². The van der Waals surface area contributed by atoms with Gasteiger partial charge in [0.1, 0.15) is 0 Å². The predicted molar refractivity (Wildman–Crippen MR) is 88.2 cm³/mol. The number of benzene rings is 1. The topological polar surface area (TPSA) is 69.6 Å². The molecule has 1 aromatic carbocycles. The van der Waals surface area contributed by atoms with Gasteiger partial charge in [-0.15, -0.1) is 11.8 Å². The molecule has 1 aromatic rings. The van der Waals surface area contributed by atoms with Gasteiger partial charge in [0, 0.05) is 24.0 Å². The molecule has 2 N–H and O–H groups in total. The highest BCUT2D eigenvalue weighted by Crippen LogP contribution is 2.20. The van der Waals surface area contributed by atoms with Crippen molar-refractivity contribution in [3.8, 4) is 0 Å². The number of carbonyl (C=O) groups is 2. The summed E-state index contributed by atoms with van der Waals surface area (Å²) in [4.78, 5) is 24.3. The quantitative estimate of drug-likeness (QED) is 0.772. The minimum absolute atomic E-state index is 0.0633. The molecular formula is C15H22N2O3S. The molecule has 0 atom stereocenters. The van der Waals surface area contributed by atoms with E-state index in [2.05, 4.69) is 31.0 Å². The number of hydrogen-bond donors (Lipinski definition) is 2. The smallest absolute Gasteiger partial charge is 0.313 e. The Balaban J connectivity index is 2.54. The van der Waals surface area contributed by atoms with E-state index in [4.69, 9.17) is 5.11 Å². The zero-order valence-corrected chi connectivity index (χ0v) is 13.4. The number of nitrogens with zero attached hydrogens (tertiary/aromatic N) is 1. The van der Waals surface area contributed by atoms with E-state index in [1.807, 2.05) is 24.3 Å². The molecule has 0 aliphatic heterocycles. The summed E-state index contributed by atoms with van der Waals surface area (Å²) < 4.78 is 0. The summed E-state index contributed by atoms with van der Waals surface area (Å²) in [6.07, 6.45) is 0. The third kappa shape index (κ3) is 6.08. The fourth-order valence-corrected chi connectivity index (χ4v) is 2.54. The van der Waals surface area contributed by atoms with Crippen LogP contribution in [0.5, 0.6) is 0 Å². The van der Waals surface area contributed by atoms with Gasteiger partial charge in [-0.2, -0.15) is 0 Å². The van der Waals surface area contributed by atoms with Gasteiger partial charge in [0.2, 0.25) is 5.91 Å². The Labute approximate surface area is 129 Å². The molecule has 0 saturated carbocycles. The van der Waals surface area contributed by atoms with Crippen molar-refractivity contribution in [3.63, 3.8) is 0 Å². The molecule has 0 radical (unpaired) electrons. The number of carboxylic acid groups (broad SMARTS) is 1. The first-order valence-corrected chi connectivity index (χ1v) is 8.05. The summed E-state index contributed by atoms with van der Waals surface area (Å²) in [5, 5.41) is 11.3. The lowest BCUT2D eigenvalue weighted by Crippen LogP contribution is -2.30. The van der Waals surface area contributed by atoms with Gasteiger partial charge in [-0.3, -0.25) is 9.59 Å². The number of carbonyl (C=O) groups excluding carboxylic acids is 1. The summed E-state index contributed by atoms with van der Waals surface area (Å²) in [7, 11) is 0. The molecule has 0 aliphatic carbocycles. The van der Waals surface area contributed by atoms with E-state index < -0.39 is 5.97 Å². The third-order valence-corrected chi connectivity index (χ3v) is 3.82. The van der Waals surface area contributed by atoms with Crippen LogP contribution in [0.1, 0.15) is 20.8 Å². The van der Waals surface area contributed by atoms with Crippen LogP contribution in [0.2, 0.25) is 0 Å². The Kier molecular flexibility index (Phi) is 7.08. The molecule has 0 unspecified atom stereocenters. The highest BCUT2D eigenvalue weighted by atomic mass is 32.2. The van der Waals surface area contributed by atoms with E-state index in [-0.39, 0.29) is 17.4 Å². The maximum Gasteiger partial charge on any atom is 0.313 e. The number of thioether (sulfide) groups is 1. The number of rotatable bonds is 8. The minimum atomic E-state index is -0.912. The number of aliphatic carboxylic acids is 1. The fraction of sp³-hybridized carbons (Fsp3) is 0.467. The number of nitrogens with one attached hydrogen (secondary N) is 1. The molecule has 6 heteroatoms. The van der Waals surface area contributed by atoms with Crippen molar-refractivity contribution in [2.75, 3.05) is 28.3 Å². The van der Waals surface area contributed by atoms with E-state index >= 15 is 0 Å². The van der Waals surface area contributed by atoms with E-state index in [9.17, 15) is 9.59 Å². The lowest BCUT2D eigenvalue weighted by molar-refractivity contribution is -0.133. The molecule has 0 bridgehead atoms. The number of hydrogen-bond acceptors (Lipinski definition) is 4. The number of anilines is 2. The van der Waals surface area contributed by atoms with Crippen molar-refractivity contribution >= 4 is 35.0 Å². The van der Waals surface area contributed by atoms with Crippen LogP contribution in [0, 0.1) is 0 Å². The molecule has 0 heterocycles. The monoisotopic (exact) mass is 310 g/mol. The molecular weight excluding hydrogens is 288 g/mol. The normalized spacial score (nSPS) is 10.5. The lowest BCUT2D eigenvalue weighted by Gasteiger charge is -2.27. The second-order valence-corrected chi connectivity index (χ2v) is 5.85. The van der Waals surface area contributed by atoms with Gasteiger partial charge < -0.3 is 15.3 Å². The summed E-state index contributed by atoms with van der Waals surface area (Å²) in [6.45, 7) is 7.31. The van der Waals surface area contributed by atoms with Crippen molar-refractivity contribution in [2.45, 2.75) is 26.8 Å². The minimum Gasteiger partial charge on any atom is -0.481 e. The van der Waals surface area contributed by atoms with Gasteiger partial charge in [0.15, 0.2) is 0 Å². The van der Waals surface area contributed by atoms with Gasteiger partial charge in [0.05, 0.1) is 11.5 Å². The Morgan fingerprint density at radius 1 is 1.24 bits per heavy atom.